The van der Waals surface area contributed by atoms with Crippen molar-refractivity contribution in [3.63, 3.8) is 0 Å². The summed E-state index contributed by atoms with van der Waals surface area (Å²) in [6.45, 7) is 2.90. The van der Waals surface area contributed by atoms with Gasteiger partial charge in [0, 0.05) is 19.1 Å². The molecule has 0 aromatic carbocycles. The van der Waals surface area contributed by atoms with E-state index in [0.29, 0.717) is 6.04 Å². The highest BCUT2D eigenvalue weighted by atomic mass is 16.5. The van der Waals surface area contributed by atoms with E-state index >= 15 is 0 Å². The van der Waals surface area contributed by atoms with E-state index in [1.165, 1.54) is 38.5 Å². The molecule has 1 N–H and O–H groups in total. The quantitative estimate of drug-likeness (QED) is 0.566. The summed E-state index contributed by atoms with van der Waals surface area (Å²) < 4.78 is 6.17. The number of nitrogens with one attached hydrogen (secondary N) is 1. The van der Waals surface area contributed by atoms with Crippen LogP contribution < -0.4 is 5.32 Å². The largest absolute Gasteiger partial charge is 0.374 e. The summed E-state index contributed by atoms with van der Waals surface area (Å²) in [5.41, 5.74) is 0.0247. The number of ether oxygens (including phenoxy) is 1. The van der Waals surface area contributed by atoms with Gasteiger partial charge in [-0.15, -0.1) is 12.3 Å². The van der Waals surface area contributed by atoms with Crippen LogP contribution in [0.3, 0.4) is 0 Å². The van der Waals surface area contributed by atoms with Crippen molar-refractivity contribution in [2.75, 3.05) is 13.7 Å². The molecule has 98 valence electrons. The normalized spacial score (nSPS) is 21.5. The second-order valence-corrected chi connectivity index (χ2v) is 5.00. The maximum absolute atomic E-state index is 6.17. The molecule has 0 aromatic heterocycles. The molecule has 1 rings (SSSR count). The monoisotopic (exact) mass is 237 g/mol. The minimum Gasteiger partial charge on any atom is -0.374 e. The summed E-state index contributed by atoms with van der Waals surface area (Å²) in [6.07, 6.45) is 14.9. The van der Waals surface area contributed by atoms with Gasteiger partial charge in [0.1, 0.15) is 0 Å². The molecule has 0 heterocycles. The van der Waals surface area contributed by atoms with E-state index in [1.807, 2.05) is 7.05 Å². The van der Waals surface area contributed by atoms with Gasteiger partial charge in [-0.3, -0.25) is 0 Å². The molecule has 0 radical (unpaired) electrons. The Bertz CT molecular complexity index is 236. The van der Waals surface area contributed by atoms with E-state index in [9.17, 15) is 0 Å². The van der Waals surface area contributed by atoms with E-state index in [-0.39, 0.29) is 5.60 Å². The molecule has 0 saturated heterocycles. The average Bonchev–Trinajstić information content (AvgIpc) is 2.57. The third kappa shape index (κ3) is 4.01. The molecule has 17 heavy (non-hydrogen) atoms. The Labute approximate surface area is 107 Å². The van der Waals surface area contributed by atoms with Gasteiger partial charge in [-0.2, -0.15) is 0 Å². The second-order valence-electron chi connectivity index (χ2n) is 5.00. The first-order valence-corrected chi connectivity index (χ1v) is 7.03. The molecule has 1 saturated carbocycles. The molecular formula is C15H27NO. The third-order valence-electron chi connectivity index (χ3n) is 3.94. The molecule has 1 fully saturated rings. The average molecular weight is 237 g/mol. The van der Waals surface area contributed by atoms with Gasteiger partial charge in [-0.05, 0) is 33.2 Å². The highest BCUT2D eigenvalue weighted by Crippen LogP contribution is 2.35. The summed E-state index contributed by atoms with van der Waals surface area (Å²) in [6, 6.07) is 0.400. The minimum absolute atomic E-state index is 0.0247. The van der Waals surface area contributed by atoms with E-state index in [4.69, 9.17) is 11.2 Å². The van der Waals surface area contributed by atoms with Crippen molar-refractivity contribution in [2.24, 2.45) is 0 Å². The van der Waals surface area contributed by atoms with Crippen LogP contribution in [-0.4, -0.2) is 25.3 Å². The van der Waals surface area contributed by atoms with Crippen LogP contribution in [-0.2, 0) is 4.74 Å². The molecule has 2 nitrogen and oxygen atoms in total. The van der Waals surface area contributed by atoms with E-state index in [2.05, 4.69) is 18.2 Å². The summed E-state index contributed by atoms with van der Waals surface area (Å²) in [5, 5.41) is 3.44. The zero-order valence-electron chi connectivity index (χ0n) is 11.4. The Morgan fingerprint density at radius 3 is 2.41 bits per heavy atom. The Morgan fingerprint density at radius 2 is 1.94 bits per heavy atom. The van der Waals surface area contributed by atoms with Crippen molar-refractivity contribution in [1.82, 2.24) is 5.32 Å². The lowest BCUT2D eigenvalue weighted by Gasteiger charge is -2.40. The maximum Gasteiger partial charge on any atom is 0.0834 e. The number of terminal acetylenes is 1. The number of rotatable bonds is 6. The molecule has 0 aliphatic heterocycles. The topological polar surface area (TPSA) is 21.3 Å². The van der Waals surface area contributed by atoms with Crippen LogP contribution in [0.2, 0.25) is 0 Å². The van der Waals surface area contributed by atoms with Gasteiger partial charge in [-0.25, -0.2) is 0 Å². The zero-order valence-corrected chi connectivity index (χ0v) is 11.4. The highest BCUT2D eigenvalue weighted by molar-refractivity contribution is 4.97. The van der Waals surface area contributed by atoms with E-state index in [0.717, 1.165) is 19.4 Å². The van der Waals surface area contributed by atoms with Gasteiger partial charge in [0.25, 0.3) is 0 Å². The summed E-state index contributed by atoms with van der Waals surface area (Å²) >= 11 is 0. The molecule has 1 aliphatic carbocycles. The first-order chi connectivity index (χ1) is 8.29. The Balaban J connectivity index is 2.74. The standard InChI is InChI=1S/C15H27NO/c1-4-6-11-14(16-3)15(17-5-2)12-9-7-8-10-13-15/h1,14,16H,5-13H2,2-3H3. The zero-order chi connectivity index (χ0) is 12.6. The van der Waals surface area contributed by atoms with Crippen LogP contribution in [0.1, 0.15) is 58.3 Å². The van der Waals surface area contributed by atoms with Crippen LogP contribution in [0.25, 0.3) is 0 Å². The molecule has 0 bridgehead atoms. The van der Waals surface area contributed by atoms with Gasteiger partial charge in [0.05, 0.1) is 5.60 Å². The molecule has 1 atom stereocenters. The van der Waals surface area contributed by atoms with Gasteiger partial charge in [0.2, 0.25) is 0 Å². The second kappa shape index (κ2) is 7.74. The van der Waals surface area contributed by atoms with Gasteiger partial charge >= 0.3 is 0 Å². The molecular weight excluding hydrogens is 210 g/mol. The van der Waals surface area contributed by atoms with Crippen LogP contribution in [0.5, 0.6) is 0 Å². The van der Waals surface area contributed by atoms with Crippen molar-refractivity contribution in [1.29, 1.82) is 0 Å². The Morgan fingerprint density at radius 1 is 1.29 bits per heavy atom. The van der Waals surface area contributed by atoms with Gasteiger partial charge < -0.3 is 10.1 Å². The molecule has 1 aliphatic rings. The number of hydrogen-bond donors (Lipinski definition) is 1. The lowest BCUT2D eigenvalue weighted by atomic mass is 9.83. The fourth-order valence-corrected chi connectivity index (χ4v) is 3.11. The minimum atomic E-state index is 0.0247. The van der Waals surface area contributed by atoms with Crippen molar-refractivity contribution in [3.8, 4) is 12.3 Å². The predicted molar refractivity (Wildman–Crippen MR) is 73.0 cm³/mol. The maximum atomic E-state index is 6.17. The third-order valence-corrected chi connectivity index (χ3v) is 3.94. The van der Waals surface area contributed by atoms with Crippen molar-refractivity contribution in [3.05, 3.63) is 0 Å². The van der Waals surface area contributed by atoms with Gasteiger partial charge in [0.15, 0.2) is 0 Å². The van der Waals surface area contributed by atoms with Crippen molar-refractivity contribution >= 4 is 0 Å². The summed E-state index contributed by atoms with van der Waals surface area (Å²) in [5.74, 6) is 2.75. The van der Waals surface area contributed by atoms with Gasteiger partial charge in [-0.1, -0.05) is 25.7 Å². The SMILES string of the molecule is C#CCCC(NC)C1(OCC)CCCCCC1. The fraction of sp³-hybridized carbons (Fsp3) is 0.867. The van der Waals surface area contributed by atoms with Crippen LogP contribution >= 0.6 is 0 Å². The number of likely N-dealkylation sites (N-methyl/N-ethyl adjacent to an activating group) is 1. The first kappa shape index (κ1) is 14.5. The highest BCUT2D eigenvalue weighted by Gasteiger charge is 2.38. The van der Waals surface area contributed by atoms with E-state index in [1.54, 1.807) is 0 Å². The molecule has 0 aromatic rings. The summed E-state index contributed by atoms with van der Waals surface area (Å²) in [4.78, 5) is 0. The Kier molecular flexibility index (Phi) is 6.62. The molecule has 0 amide bonds. The van der Waals surface area contributed by atoms with Crippen molar-refractivity contribution in [2.45, 2.75) is 69.9 Å². The molecule has 1 unspecified atom stereocenters. The van der Waals surface area contributed by atoms with Crippen LogP contribution in [0, 0.1) is 12.3 Å². The predicted octanol–water partition coefficient (Wildman–Crippen LogP) is 3.12. The molecule has 0 spiro atoms. The first-order valence-electron chi connectivity index (χ1n) is 7.03. The number of hydrogen-bond acceptors (Lipinski definition) is 2. The van der Waals surface area contributed by atoms with Crippen LogP contribution in [0.15, 0.2) is 0 Å². The smallest absolute Gasteiger partial charge is 0.0834 e. The fourth-order valence-electron chi connectivity index (χ4n) is 3.11. The molecule has 2 heteroatoms. The van der Waals surface area contributed by atoms with Crippen LogP contribution in [0.4, 0.5) is 0 Å². The summed E-state index contributed by atoms with van der Waals surface area (Å²) in [7, 11) is 2.03. The Hall–Kier alpha value is -0.520. The lowest BCUT2D eigenvalue weighted by Crippen LogP contribution is -2.51. The van der Waals surface area contributed by atoms with Crippen molar-refractivity contribution < 1.29 is 4.74 Å². The lowest BCUT2D eigenvalue weighted by molar-refractivity contribution is -0.0767. The van der Waals surface area contributed by atoms with E-state index < -0.39 is 0 Å².